The van der Waals surface area contributed by atoms with Crippen LogP contribution in [0.15, 0.2) is 60.2 Å². The number of ether oxygens (including phenoxy) is 1. The zero-order chi connectivity index (χ0) is 14.8. The molecule has 0 saturated heterocycles. The Morgan fingerprint density at radius 1 is 1.10 bits per heavy atom. The lowest BCUT2D eigenvalue weighted by Gasteiger charge is -2.00. The van der Waals surface area contributed by atoms with Gasteiger partial charge in [-0.3, -0.25) is 0 Å². The lowest BCUT2D eigenvalue weighted by atomic mass is 10.1. The van der Waals surface area contributed by atoms with Gasteiger partial charge < -0.3 is 4.74 Å². The second-order valence-electron chi connectivity index (χ2n) is 4.56. The van der Waals surface area contributed by atoms with E-state index in [1.807, 2.05) is 6.07 Å². The molecule has 0 N–H and O–H groups in total. The number of carbonyl (C=O) groups excluding carboxylic acids is 1. The number of rotatable bonds is 2. The van der Waals surface area contributed by atoms with Gasteiger partial charge in [-0.05, 0) is 54.1 Å². The molecule has 1 aliphatic rings. The Morgan fingerprint density at radius 3 is 2.57 bits per heavy atom. The summed E-state index contributed by atoms with van der Waals surface area (Å²) < 4.78 is 18.1. The molecular formula is C17H10ClFO2. The highest BCUT2D eigenvalue weighted by molar-refractivity contribution is 6.30. The fourth-order valence-corrected chi connectivity index (χ4v) is 2.22. The van der Waals surface area contributed by atoms with Crippen LogP contribution in [0.2, 0.25) is 5.02 Å². The molecule has 0 bridgehead atoms. The molecule has 2 nitrogen and oxygen atoms in total. The molecule has 0 saturated carbocycles. The van der Waals surface area contributed by atoms with E-state index in [4.69, 9.17) is 16.3 Å². The Balaban J connectivity index is 1.93. The van der Waals surface area contributed by atoms with Gasteiger partial charge >= 0.3 is 5.97 Å². The number of halogens is 2. The van der Waals surface area contributed by atoms with Crippen molar-refractivity contribution in [3.63, 3.8) is 0 Å². The molecule has 0 fully saturated rings. The van der Waals surface area contributed by atoms with Crippen LogP contribution in [-0.4, -0.2) is 5.97 Å². The molecule has 0 amide bonds. The second-order valence-corrected chi connectivity index (χ2v) is 5.00. The van der Waals surface area contributed by atoms with Crippen LogP contribution >= 0.6 is 11.6 Å². The molecule has 0 aliphatic carbocycles. The molecule has 0 unspecified atom stereocenters. The van der Waals surface area contributed by atoms with E-state index in [-0.39, 0.29) is 5.82 Å². The predicted molar refractivity (Wildman–Crippen MR) is 79.9 cm³/mol. The van der Waals surface area contributed by atoms with Crippen molar-refractivity contribution in [2.45, 2.75) is 0 Å². The summed E-state index contributed by atoms with van der Waals surface area (Å²) in [7, 11) is 0. The zero-order valence-electron chi connectivity index (χ0n) is 10.8. The van der Waals surface area contributed by atoms with Gasteiger partial charge in [0.15, 0.2) is 0 Å². The van der Waals surface area contributed by atoms with Gasteiger partial charge in [0.25, 0.3) is 0 Å². The second kappa shape index (κ2) is 5.54. The lowest BCUT2D eigenvalue weighted by Crippen LogP contribution is -1.97. The van der Waals surface area contributed by atoms with E-state index in [0.29, 0.717) is 21.9 Å². The fraction of sp³-hybridized carbons (Fsp3) is 0. The van der Waals surface area contributed by atoms with Gasteiger partial charge in [-0.1, -0.05) is 23.7 Å². The monoisotopic (exact) mass is 300 g/mol. The van der Waals surface area contributed by atoms with Crippen LogP contribution in [0.4, 0.5) is 4.39 Å². The van der Waals surface area contributed by atoms with Crippen molar-refractivity contribution < 1.29 is 13.9 Å². The van der Waals surface area contributed by atoms with Crippen molar-refractivity contribution >= 4 is 29.4 Å². The summed E-state index contributed by atoms with van der Waals surface area (Å²) in [5.41, 5.74) is 1.89. The van der Waals surface area contributed by atoms with Gasteiger partial charge in [0.2, 0.25) is 0 Å². The molecule has 1 heterocycles. The minimum absolute atomic E-state index is 0.335. The van der Waals surface area contributed by atoms with Gasteiger partial charge in [0, 0.05) is 10.6 Å². The Bertz CT molecular complexity index is 761. The molecule has 104 valence electrons. The third-order valence-corrected chi connectivity index (χ3v) is 3.26. The maximum atomic E-state index is 12.9. The zero-order valence-corrected chi connectivity index (χ0v) is 11.6. The quantitative estimate of drug-likeness (QED) is 0.604. The molecule has 0 radical (unpaired) electrons. The average molecular weight is 301 g/mol. The maximum absolute atomic E-state index is 12.9. The van der Waals surface area contributed by atoms with E-state index >= 15 is 0 Å². The molecule has 2 aromatic rings. The van der Waals surface area contributed by atoms with Crippen molar-refractivity contribution in [2.75, 3.05) is 0 Å². The highest BCUT2D eigenvalue weighted by Gasteiger charge is 2.21. The normalized spacial score (nSPS) is 16.0. The summed E-state index contributed by atoms with van der Waals surface area (Å²) in [5.74, 6) is -0.360. The number of cyclic esters (lactones) is 1. The Labute approximate surface area is 126 Å². The molecule has 0 spiro atoms. The van der Waals surface area contributed by atoms with Gasteiger partial charge in [-0.25, -0.2) is 9.18 Å². The van der Waals surface area contributed by atoms with Gasteiger partial charge in [-0.15, -0.1) is 0 Å². The molecule has 0 aromatic heterocycles. The van der Waals surface area contributed by atoms with E-state index in [1.165, 1.54) is 12.1 Å². The van der Waals surface area contributed by atoms with Crippen LogP contribution in [0.3, 0.4) is 0 Å². The summed E-state index contributed by atoms with van der Waals surface area (Å²) in [6.45, 7) is 0. The molecule has 3 rings (SSSR count). The summed E-state index contributed by atoms with van der Waals surface area (Å²) in [4.78, 5) is 11.9. The number of hydrogen-bond donors (Lipinski definition) is 0. The Morgan fingerprint density at radius 2 is 1.86 bits per heavy atom. The first-order valence-corrected chi connectivity index (χ1v) is 6.67. The number of esters is 1. The first-order valence-electron chi connectivity index (χ1n) is 6.29. The highest BCUT2D eigenvalue weighted by Crippen LogP contribution is 2.27. The van der Waals surface area contributed by atoms with Crippen LogP contribution in [0.25, 0.3) is 11.8 Å². The summed E-state index contributed by atoms with van der Waals surface area (Å²) >= 11 is 5.91. The van der Waals surface area contributed by atoms with Crippen LogP contribution in [0.5, 0.6) is 0 Å². The molecular weight excluding hydrogens is 291 g/mol. The summed E-state index contributed by atoms with van der Waals surface area (Å²) in [6, 6.07) is 12.9. The van der Waals surface area contributed by atoms with E-state index in [9.17, 15) is 9.18 Å². The third-order valence-electron chi connectivity index (χ3n) is 3.02. The largest absolute Gasteiger partial charge is 0.422 e. The fourth-order valence-electron chi connectivity index (χ4n) is 2.02. The molecule has 2 aromatic carbocycles. The maximum Gasteiger partial charge on any atom is 0.343 e. The predicted octanol–water partition coefficient (Wildman–Crippen LogP) is 4.46. The average Bonchev–Trinajstić information content (AvgIpc) is 2.81. The van der Waals surface area contributed by atoms with Crippen molar-refractivity contribution in [1.29, 1.82) is 0 Å². The summed E-state index contributed by atoms with van der Waals surface area (Å²) in [5, 5.41) is 0.596. The minimum atomic E-state index is -0.436. The molecule has 1 aliphatic heterocycles. The summed E-state index contributed by atoms with van der Waals surface area (Å²) in [6.07, 6.45) is 3.33. The van der Waals surface area contributed by atoms with Gasteiger partial charge in [-0.2, -0.15) is 0 Å². The Kier molecular flexibility index (Phi) is 3.59. The third kappa shape index (κ3) is 3.03. The number of benzene rings is 2. The topological polar surface area (TPSA) is 26.3 Å². The van der Waals surface area contributed by atoms with E-state index in [1.54, 1.807) is 42.5 Å². The smallest absolute Gasteiger partial charge is 0.343 e. The molecule has 0 atom stereocenters. The minimum Gasteiger partial charge on any atom is -0.422 e. The van der Waals surface area contributed by atoms with E-state index in [0.717, 1.165) is 5.56 Å². The lowest BCUT2D eigenvalue weighted by molar-refractivity contribution is -0.130. The molecule has 4 heteroatoms. The first kappa shape index (κ1) is 13.6. The van der Waals surface area contributed by atoms with Crippen molar-refractivity contribution in [3.8, 4) is 0 Å². The van der Waals surface area contributed by atoms with Crippen LogP contribution in [0, 0.1) is 5.82 Å². The van der Waals surface area contributed by atoms with Crippen LogP contribution in [0.1, 0.15) is 11.1 Å². The van der Waals surface area contributed by atoms with Crippen LogP contribution in [-0.2, 0) is 9.53 Å². The highest BCUT2D eigenvalue weighted by atomic mass is 35.5. The number of hydrogen-bond acceptors (Lipinski definition) is 2. The van der Waals surface area contributed by atoms with Gasteiger partial charge in [0.05, 0.1) is 5.57 Å². The standard InChI is InChI=1S/C17H10ClFO2/c18-14-3-1-2-11(9-14)8-13-10-16(21-17(13)20)12-4-6-15(19)7-5-12/h1-10H. The van der Waals surface area contributed by atoms with Gasteiger partial charge in [0.1, 0.15) is 11.6 Å². The van der Waals surface area contributed by atoms with Crippen molar-refractivity contribution in [1.82, 2.24) is 0 Å². The Hall–Kier alpha value is -2.39. The molecule has 21 heavy (non-hydrogen) atoms. The van der Waals surface area contributed by atoms with Crippen molar-refractivity contribution in [2.24, 2.45) is 0 Å². The van der Waals surface area contributed by atoms with Crippen LogP contribution < -0.4 is 0 Å². The number of carbonyl (C=O) groups is 1. The first-order chi connectivity index (χ1) is 10.1. The SMILES string of the molecule is O=C1OC(c2ccc(F)cc2)=CC1=Cc1cccc(Cl)c1. The van der Waals surface area contributed by atoms with E-state index in [2.05, 4.69) is 0 Å². The van der Waals surface area contributed by atoms with E-state index < -0.39 is 5.97 Å². The van der Waals surface area contributed by atoms with Crippen molar-refractivity contribution in [3.05, 3.63) is 82.1 Å².